The van der Waals surface area contributed by atoms with E-state index < -0.39 is 0 Å². The second-order valence-electron chi connectivity index (χ2n) is 5.81. The van der Waals surface area contributed by atoms with E-state index >= 15 is 0 Å². The van der Waals surface area contributed by atoms with Gasteiger partial charge in [0.25, 0.3) is 0 Å². The number of nitriles is 1. The molecule has 2 rings (SSSR count). The highest BCUT2D eigenvalue weighted by atomic mass is 16.5. The molecule has 0 saturated heterocycles. The molecule has 2 aromatic carbocycles. The Hall–Kier alpha value is -3.00. The van der Waals surface area contributed by atoms with Crippen LogP contribution in [-0.2, 0) is 6.54 Å². The second-order valence-corrected chi connectivity index (χ2v) is 5.81. The lowest BCUT2D eigenvalue weighted by Crippen LogP contribution is -2.41. The number of aryl methyl sites for hydroxylation is 1. The number of hydrogen-bond donors (Lipinski definition) is 2. The van der Waals surface area contributed by atoms with Crippen LogP contribution < -0.4 is 15.4 Å². The lowest BCUT2D eigenvalue weighted by atomic mass is 10.1. The summed E-state index contributed by atoms with van der Waals surface area (Å²) in [7, 11) is 1.74. The number of nitrogens with zero attached hydrogens (tertiary/aromatic N) is 2. The van der Waals surface area contributed by atoms with Gasteiger partial charge in [0.15, 0.2) is 5.96 Å². The molecule has 2 N–H and O–H groups in total. The first-order chi connectivity index (χ1) is 12.1. The maximum absolute atomic E-state index is 8.82. The van der Waals surface area contributed by atoms with Crippen LogP contribution in [0, 0.1) is 18.3 Å². The van der Waals surface area contributed by atoms with Crippen molar-refractivity contribution in [3.8, 4) is 11.8 Å². The Morgan fingerprint density at radius 2 is 1.88 bits per heavy atom. The van der Waals surface area contributed by atoms with Gasteiger partial charge in [0.05, 0.1) is 18.2 Å². The third kappa shape index (κ3) is 5.85. The van der Waals surface area contributed by atoms with Crippen LogP contribution in [0.1, 0.15) is 23.6 Å². The summed E-state index contributed by atoms with van der Waals surface area (Å²) in [5, 5.41) is 15.3. The van der Waals surface area contributed by atoms with E-state index in [1.165, 1.54) is 0 Å². The van der Waals surface area contributed by atoms with Crippen LogP contribution in [0.3, 0.4) is 0 Å². The van der Waals surface area contributed by atoms with E-state index in [1.54, 1.807) is 7.05 Å². The normalized spacial score (nSPS) is 12.2. The van der Waals surface area contributed by atoms with E-state index in [-0.39, 0.29) is 6.10 Å². The Morgan fingerprint density at radius 3 is 2.52 bits per heavy atom. The van der Waals surface area contributed by atoms with E-state index in [0.29, 0.717) is 24.6 Å². The molecule has 0 bridgehead atoms. The maximum atomic E-state index is 8.82. The van der Waals surface area contributed by atoms with E-state index in [4.69, 9.17) is 10.00 Å². The standard InChI is InChI=1S/C20H24N4O/c1-15-6-4-5-7-19(15)25-16(2)13-23-20(22-3)24-14-18-10-8-17(12-21)9-11-18/h4-11,16H,13-14H2,1-3H3,(H2,22,23,24). The van der Waals surface area contributed by atoms with Crippen LogP contribution in [0.5, 0.6) is 5.75 Å². The summed E-state index contributed by atoms with van der Waals surface area (Å²) in [5.74, 6) is 1.61. The summed E-state index contributed by atoms with van der Waals surface area (Å²) >= 11 is 0. The molecule has 1 unspecified atom stereocenters. The molecule has 0 aliphatic heterocycles. The Balaban J connectivity index is 1.79. The monoisotopic (exact) mass is 336 g/mol. The molecular formula is C20H24N4O. The number of guanidine groups is 1. The van der Waals surface area contributed by atoms with Crippen LogP contribution in [0.25, 0.3) is 0 Å². The van der Waals surface area contributed by atoms with Crippen molar-refractivity contribution in [1.82, 2.24) is 10.6 Å². The SMILES string of the molecule is CN=C(NCc1ccc(C#N)cc1)NCC(C)Oc1ccccc1C. The fourth-order valence-electron chi connectivity index (χ4n) is 2.29. The van der Waals surface area contributed by atoms with Crippen LogP contribution in [-0.4, -0.2) is 25.7 Å². The van der Waals surface area contributed by atoms with Gasteiger partial charge in [-0.2, -0.15) is 5.26 Å². The van der Waals surface area contributed by atoms with Gasteiger partial charge in [-0.25, -0.2) is 0 Å². The zero-order chi connectivity index (χ0) is 18.1. The van der Waals surface area contributed by atoms with Gasteiger partial charge in [-0.1, -0.05) is 30.3 Å². The van der Waals surface area contributed by atoms with E-state index in [2.05, 4.69) is 21.7 Å². The van der Waals surface area contributed by atoms with Crippen molar-refractivity contribution in [1.29, 1.82) is 5.26 Å². The number of aliphatic imine (C=N–C) groups is 1. The maximum Gasteiger partial charge on any atom is 0.191 e. The molecular weight excluding hydrogens is 312 g/mol. The summed E-state index contributed by atoms with van der Waals surface area (Å²) in [6.45, 7) is 5.33. The van der Waals surface area contributed by atoms with Gasteiger partial charge in [-0.15, -0.1) is 0 Å². The Morgan fingerprint density at radius 1 is 1.16 bits per heavy atom. The zero-order valence-corrected chi connectivity index (χ0v) is 14.9. The van der Waals surface area contributed by atoms with Crippen molar-refractivity contribution in [3.63, 3.8) is 0 Å². The number of hydrogen-bond acceptors (Lipinski definition) is 3. The fraction of sp³-hybridized carbons (Fsp3) is 0.300. The van der Waals surface area contributed by atoms with Crippen LogP contribution in [0.2, 0.25) is 0 Å². The Labute approximate surface area is 149 Å². The lowest BCUT2D eigenvalue weighted by Gasteiger charge is -2.18. The molecule has 1 atom stereocenters. The zero-order valence-electron chi connectivity index (χ0n) is 14.9. The topological polar surface area (TPSA) is 69.4 Å². The first-order valence-corrected chi connectivity index (χ1v) is 8.28. The largest absolute Gasteiger partial charge is 0.489 e. The predicted molar refractivity (Wildman–Crippen MR) is 101 cm³/mol. The quantitative estimate of drug-likeness (QED) is 0.628. The molecule has 0 saturated carbocycles. The smallest absolute Gasteiger partial charge is 0.191 e. The average Bonchev–Trinajstić information content (AvgIpc) is 2.64. The predicted octanol–water partition coefficient (Wildman–Crippen LogP) is 3.00. The van der Waals surface area contributed by atoms with Gasteiger partial charge < -0.3 is 15.4 Å². The van der Waals surface area contributed by atoms with Gasteiger partial charge in [-0.05, 0) is 43.2 Å². The van der Waals surface area contributed by atoms with Gasteiger partial charge >= 0.3 is 0 Å². The number of nitrogens with one attached hydrogen (secondary N) is 2. The molecule has 0 amide bonds. The van der Waals surface area contributed by atoms with Gasteiger partial charge in [0, 0.05) is 13.6 Å². The molecule has 0 radical (unpaired) electrons. The minimum Gasteiger partial charge on any atom is -0.489 e. The number of ether oxygens (including phenoxy) is 1. The molecule has 0 fully saturated rings. The number of rotatable bonds is 6. The highest BCUT2D eigenvalue weighted by Crippen LogP contribution is 2.17. The molecule has 0 aliphatic rings. The molecule has 5 heteroatoms. The van der Waals surface area contributed by atoms with Crippen molar-refractivity contribution in [2.45, 2.75) is 26.5 Å². The minimum absolute atomic E-state index is 0.00885. The van der Waals surface area contributed by atoms with Crippen LogP contribution >= 0.6 is 0 Å². The molecule has 0 aromatic heterocycles. The molecule has 5 nitrogen and oxygen atoms in total. The number of para-hydroxylation sites is 1. The third-order valence-corrected chi connectivity index (χ3v) is 3.75. The average molecular weight is 336 g/mol. The van der Waals surface area contributed by atoms with E-state index in [0.717, 1.165) is 16.9 Å². The summed E-state index contributed by atoms with van der Waals surface area (Å²) in [6, 6.07) is 17.6. The molecule has 0 heterocycles. The van der Waals surface area contributed by atoms with Crippen molar-refractivity contribution in [3.05, 3.63) is 65.2 Å². The Bertz CT molecular complexity index is 747. The third-order valence-electron chi connectivity index (χ3n) is 3.75. The lowest BCUT2D eigenvalue weighted by molar-refractivity contribution is 0.222. The Kier molecular flexibility index (Phi) is 6.85. The van der Waals surface area contributed by atoms with Gasteiger partial charge in [0.2, 0.25) is 0 Å². The minimum atomic E-state index is 0.00885. The molecule has 25 heavy (non-hydrogen) atoms. The van der Waals surface area contributed by atoms with Crippen molar-refractivity contribution in [2.75, 3.05) is 13.6 Å². The second kappa shape index (κ2) is 9.33. The highest BCUT2D eigenvalue weighted by molar-refractivity contribution is 5.79. The first kappa shape index (κ1) is 18.3. The summed E-state index contributed by atoms with van der Waals surface area (Å²) < 4.78 is 5.95. The van der Waals surface area contributed by atoms with Crippen LogP contribution in [0.15, 0.2) is 53.5 Å². The number of benzene rings is 2. The van der Waals surface area contributed by atoms with E-state index in [9.17, 15) is 0 Å². The molecule has 2 aromatic rings. The highest BCUT2D eigenvalue weighted by Gasteiger charge is 2.07. The van der Waals surface area contributed by atoms with Gasteiger partial charge in [0.1, 0.15) is 11.9 Å². The summed E-state index contributed by atoms with van der Waals surface area (Å²) in [6.07, 6.45) is 0.00885. The molecule has 0 spiro atoms. The van der Waals surface area contributed by atoms with Crippen molar-refractivity contribution in [2.24, 2.45) is 4.99 Å². The summed E-state index contributed by atoms with van der Waals surface area (Å²) in [5.41, 5.74) is 2.87. The molecule has 130 valence electrons. The van der Waals surface area contributed by atoms with E-state index in [1.807, 2.05) is 62.4 Å². The van der Waals surface area contributed by atoms with Crippen LogP contribution in [0.4, 0.5) is 0 Å². The van der Waals surface area contributed by atoms with Crippen molar-refractivity contribution >= 4 is 5.96 Å². The van der Waals surface area contributed by atoms with Crippen molar-refractivity contribution < 1.29 is 4.74 Å². The summed E-state index contributed by atoms with van der Waals surface area (Å²) in [4.78, 5) is 4.22. The molecule has 0 aliphatic carbocycles. The first-order valence-electron chi connectivity index (χ1n) is 8.28. The fourth-order valence-corrected chi connectivity index (χ4v) is 2.29. The van der Waals surface area contributed by atoms with Gasteiger partial charge in [-0.3, -0.25) is 4.99 Å².